The highest BCUT2D eigenvalue weighted by Crippen LogP contribution is 2.12. The number of amides is 1. The standard InChI is InChI=1S/C15H20FNO4/c1-3-17(10-11(2)15(19)20)14(18)7-8-21-13-6-4-5-12(16)9-13/h4-6,9,11H,3,7-8,10H2,1-2H3,(H,19,20). The zero-order chi connectivity index (χ0) is 15.8. The highest BCUT2D eigenvalue weighted by molar-refractivity contribution is 5.77. The predicted octanol–water partition coefficient (Wildman–Crippen LogP) is 2.16. The molecule has 21 heavy (non-hydrogen) atoms. The minimum absolute atomic E-state index is 0.122. The molecule has 0 saturated carbocycles. The Morgan fingerprint density at radius 1 is 1.43 bits per heavy atom. The minimum Gasteiger partial charge on any atom is -0.493 e. The quantitative estimate of drug-likeness (QED) is 0.798. The highest BCUT2D eigenvalue weighted by atomic mass is 19.1. The Morgan fingerprint density at radius 3 is 2.71 bits per heavy atom. The summed E-state index contributed by atoms with van der Waals surface area (Å²) in [6.07, 6.45) is 0.122. The average molecular weight is 297 g/mol. The van der Waals surface area contributed by atoms with Crippen molar-refractivity contribution >= 4 is 11.9 Å². The predicted molar refractivity (Wildman–Crippen MR) is 75.6 cm³/mol. The lowest BCUT2D eigenvalue weighted by molar-refractivity contribution is -0.143. The number of carbonyl (C=O) groups excluding carboxylic acids is 1. The molecular weight excluding hydrogens is 277 g/mol. The van der Waals surface area contributed by atoms with Gasteiger partial charge in [-0.15, -0.1) is 0 Å². The number of carboxylic acids is 1. The molecule has 0 aliphatic heterocycles. The van der Waals surface area contributed by atoms with Crippen LogP contribution in [0.3, 0.4) is 0 Å². The molecule has 1 N–H and O–H groups in total. The molecule has 1 aromatic rings. The fourth-order valence-corrected chi connectivity index (χ4v) is 1.79. The van der Waals surface area contributed by atoms with Gasteiger partial charge < -0.3 is 14.7 Å². The number of halogens is 1. The number of benzene rings is 1. The first-order valence-corrected chi connectivity index (χ1v) is 6.83. The number of nitrogens with zero attached hydrogens (tertiary/aromatic N) is 1. The van der Waals surface area contributed by atoms with Gasteiger partial charge in [0.05, 0.1) is 18.9 Å². The summed E-state index contributed by atoms with van der Waals surface area (Å²) >= 11 is 0. The zero-order valence-electron chi connectivity index (χ0n) is 12.2. The van der Waals surface area contributed by atoms with Crippen molar-refractivity contribution in [3.05, 3.63) is 30.1 Å². The van der Waals surface area contributed by atoms with E-state index in [1.807, 2.05) is 0 Å². The smallest absolute Gasteiger partial charge is 0.308 e. The molecule has 5 nitrogen and oxygen atoms in total. The van der Waals surface area contributed by atoms with Crippen molar-refractivity contribution in [3.63, 3.8) is 0 Å². The van der Waals surface area contributed by atoms with E-state index in [-0.39, 0.29) is 25.5 Å². The van der Waals surface area contributed by atoms with Crippen LogP contribution in [0.1, 0.15) is 20.3 Å². The Balaban J connectivity index is 2.42. The summed E-state index contributed by atoms with van der Waals surface area (Å²) in [4.78, 5) is 24.3. The van der Waals surface area contributed by atoms with Crippen LogP contribution in [0.4, 0.5) is 4.39 Å². The fraction of sp³-hybridized carbons (Fsp3) is 0.467. The molecule has 1 aromatic carbocycles. The second-order valence-electron chi connectivity index (χ2n) is 4.73. The van der Waals surface area contributed by atoms with Crippen LogP contribution in [0.15, 0.2) is 24.3 Å². The molecule has 0 aliphatic rings. The van der Waals surface area contributed by atoms with Crippen LogP contribution in [0.2, 0.25) is 0 Å². The Kier molecular flexibility index (Phi) is 6.65. The van der Waals surface area contributed by atoms with Crippen molar-refractivity contribution in [3.8, 4) is 5.75 Å². The van der Waals surface area contributed by atoms with Gasteiger partial charge in [0.25, 0.3) is 0 Å². The summed E-state index contributed by atoms with van der Waals surface area (Å²) in [5.41, 5.74) is 0. The first kappa shape index (κ1) is 16.9. The van der Waals surface area contributed by atoms with E-state index < -0.39 is 17.7 Å². The first-order chi connectivity index (χ1) is 9.93. The van der Waals surface area contributed by atoms with Crippen LogP contribution in [0.5, 0.6) is 5.75 Å². The van der Waals surface area contributed by atoms with Gasteiger partial charge in [0.2, 0.25) is 5.91 Å². The second kappa shape index (κ2) is 8.24. The van der Waals surface area contributed by atoms with Crippen LogP contribution >= 0.6 is 0 Å². The van der Waals surface area contributed by atoms with Gasteiger partial charge in [0.1, 0.15) is 11.6 Å². The Morgan fingerprint density at radius 2 is 2.14 bits per heavy atom. The van der Waals surface area contributed by atoms with Crippen LogP contribution in [0.25, 0.3) is 0 Å². The number of carboxylic acid groups (broad SMARTS) is 1. The van der Waals surface area contributed by atoms with E-state index in [0.717, 1.165) is 0 Å². The summed E-state index contributed by atoms with van der Waals surface area (Å²) in [5.74, 6) is -1.76. The van der Waals surface area contributed by atoms with Crippen LogP contribution in [-0.2, 0) is 9.59 Å². The van der Waals surface area contributed by atoms with Gasteiger partial charge in [0.15, 0.2) is 0 Å². The summed E-state index contributed by atoms with van der Waals surface area (Å²) in [6.45, 7) is 4.09. The van der Waals surface area contributed by atoms with Crippen molar-refractivity contribution in [2.24, 2.45) is 5.92 Å². The molecule has 1 unspecified atom stereocenters. The van der Waals surface area contributed by atoms with Crippen LogP contribution in [-0.4, -0.2) is 41.6 Å². The molecule has 0 bridgehead atoms. The lowest BCUT2D eigenvalue weighted by Crippen LogP contribution is -2.37. The molecule has 6 heteroatoms. The van der Waals surface area contributed by atoms with Crippen molar-refractivity contribution in [1.29, 1.82) is 0 Å². The fourth-order valence-electron chi connectivity index (χ4n) is 1.79. The van der Waals surface area contributed by atoms with Crippen molar-refractivity contribution in [2.75, 3.05) is 19.7 Å². The van der Waals surface area contributed by atoms with E-state index in [9.17, 15) is 14.0 Å². The van der Waals surface area contributed by atoms with Crippen molar-refractivity contribution in [1.82, 2.24) is 4.90 Å². The minimum atomic E-state index is -0.933. The lowest BCUT2D eigenvalue weighted by atomic mass is 10.1. The number of rotatable bonds is 8. The van der Waals surface area contributed by atoms with Crippen LogP contribution in [0, 0.1) is 11.7 Å². The third kappa shape index (κ3) is 5.81. The van der Waals surface area contributed by atoms with E-state index in [0.29, 0.717) is 12.3 Å². The largest absolute Gasteiger partial charge is 0.493 e. The highest BCUT2D eigenvalue weighted by Gasteiger charge is 2.19. The van der Waals surface area contributed by atoms with Gasteiger partial charge in [-0.25, -0.2) is 4.39 Å². The maximum atomic E-state index is 12.9. The van der Waals surface area contributed by atoms with E-state index in [1.54, 1.807) is 19.9 Å². The van der Waals surface area contributed by atoms with E-state index in [4.69, 9.17) is 9.84 Å². The molecule has 0 fully saturated rings. The number of ether oxygens (including phenoxy) is 1. The van der Waals surface area contributed by atoms with Gasteiger partial charge in [-0.3, -0.25) is 9.59 Å². The van der Waals surface area contributed by atoms with Gasteiger partial charge in [0, 0.05) is 19.2 Å². The molecule has 1 atom stereocenters. The van der Waals surface area contributed by atoms with Gasteiger partial charge in [-0.1, -0.05) is 13.0 Å². The van der Waals surface area contributed by atoms with Crippen LogP contribution < -0.4 is 4.74 Å². The molecule has 0 heterocycles. The Hall–Kier alpha value is -2.11. The molecule has 0 aromatic heterocycles. The molecule has 0 spiro atoms. The normalized spacial score (nSPS) is 11.8. The third-order valence-electron chi connectivity index (χ3n) is 3.03. The molecule has 1 rings (SSSR count). The molecular formula is C15H20FNO4. The van der Waals surface area contributed by atoms with Crippen molar-refractivity contribution < 1.29 is 23.8 Å². The van der Waals surface area contributed by atoms with E-state index in [1.165, 1.54) is 23.1 Å². The number of aliphatic carboxylic acids is 1. The monoisotopic (exact) mass is 297 g/mol. The van der Waals surface area contributed by atoms with E-state index in [2.05, 4.69) is 0 Å². The first-order valence-electron chi connectivity index (χ1n) is 6.83. The maximum absolute atomic E-state index is 12.9. The van der Waals surface area contributed by atoms with Gasteiger partial charge in [-0.05, 0) is 19.1 Å². The molecule has 1 amide bonds. The number of carbonyl (C=O) groups is 2. The molecule has 116 valence electrons. The Labute approximate surface area is 123 Å². The topological polar surface area (TPSA) is 66.8 Å². The maximum Gasteiger partial charge on any atom is 0.308 e. The average Bonchev–Trinajstić information content (AvgIpc) is 2.44. The zero-order valence-corrected chi connectivity index (χ0v) is 12.2. The van der Waals surface area contributed by atoms with Gasteiger partial charge >= 0.3 is 5.97 Å². The van der Waals surface area contributed by atoms with Gasteiger partial charge in [-0.2, -0.15) is 0 Å². The number of hydrogen-bond acceptors (Lipinski definition) is 3. The Bertz CT molecular complexity index is 492. The SMILES string of the molecule is CCN(CC(C)C(=O)O)C(=O)CCOc1cccc(F)c1. The summed E-state index contributed by atoms with van der Waals surface area (Å²) in [6, 6.07) is 5.69. The van der Waals surface area contributed by atoms with E-state index >= 15 is 0 Å². The third-order valence-corrected chi connectivity index (χ3v) is 3.03. The summed E-state index contributed by atoms with van der Waals surface area (Å²) in [5, 5.41) is 8.86. The lowest BCUT2D eigenvalue weighted by Gasteiger charge is -2.23. The molecule has 0 aliphatic carbocycles. The molecule has 0 saturated heterocycles. The number of hydrogen-bond donors (Lipinski definition) is 1. The van der Waals surface area contributed by atoms with Crippen molar-refractivity contribution in [2.45, 2.75) is 20.3 Å². The second-order valence-corrected chi connectivity index (χ2v) is 4.73. The summed E-state index contributed by atoms with van der Waals surface area (Å²) in [7, 11) is 0. The summed E-state index contributed by atoms with van der Waals surface area (Å²) < 4.78 is 18.2. The molecule has 0 radical (unpaired) electrons.